The molecular weight excluding hydrogens is 164 g/mol. The molecule has 0 aromatic carbocycles. The smallest absolute Gasteiger partial charge is 0.0590 e. The van der Waals surface area contributed by atoms with Gasteiger partial charge in [0.1, 0.15) is 0 Å². The highest BCUT2D eigenvalue weighted by atomic mass is 16.5. The molecule has 1 atom stereocenters. The van der Waals surface area contributed by atoms with Gasteiger partial charge in [0, 0.05) is 19.7 Å². The van der Waals surface area contributed by atoms with Crippen molar-refractivity contribution in [2.45, 2.75) is 13.3 Å². The molecule has 0 aliphatic carbocycles. The molecule has 78 valence electrons. The molecule has 0 bridgehead atoms. The van der Waals surface area contributed by atoms with Crippen LogP contribution >= 0.6 is 0 Å². The Morgan fingerprint density at radius 3 is 3.00 bits per heavy atom. The van der Waals surface area contributed by atoms with Gasteiger partial charge in [-0.2, -0.15) is 0 Å². The zero-order valence-corrected chi connectivity index (χ0v) is 8.88. The van der Waals surface area contributed by atoms with E-state index in [2.05, 4.69) is 17.3 Å². The van der Waals surface area contributed by atoms with Crippen LogP contribution in [0.3, 0.4) is 0 Å². The van der Waals surface area contributed by atoms with E-state index in [0.29, 0.717) is 0 Å². The van der Waals surface area contributed by atoms with Gasteiger partial charge >= 0.3 is 0 Å². The Hall–Kier alpha value is -0.120. The molecule has 1 rings (SSSR count). The fourth-order valence-electron chi connectivity index (χ4n) is 1.79. The van der Waals surface area contributed by atoms with Gasteiger partial charge in [0.25, 0.3) is 0 Å². The summed E-state index contributed by atoms with van der Waals surface area (Å²) in [6.45, 7) is 8.36. The molecule has 0 saturated carbocycles. The molecule has 0 aromatic rings. The predicted molar refractivity (Wildman–Crippen MR) is 55.0 cm³/mol. The second kappa shape index (κ2) is 6.35. The Labute approximate surface area is 81.4 Å². The molecule has 1 aliphatic heterocycles. The van der Waals surface area contributed by atoms with Crippen molar-refractivity contribution in [1.82, 2.24) is 10.2 Å². The summed E-state index contributed by atoms with van der Waals surface area (Å²) >= 11 is 0. The lowest BCUT2D eigenvalue weighted by atomic mass is 10.1. The van der Waals surface area contributed by atoms with Crippen LogP contribution < -0.4 is 5.32 Å². The van der Waals surface area contributed by atoms with E-state index in [1.807, 2.05) is 6.92 Å². The second-order valence-electron chi connectivity index (χ2n) is 3.82. The number of rotatable bonds is 6. The van der Waals surface area contributed by atoms with Gasteiger partial charge in [-0.3, -0.25) is 0 Å². The van der Waals surface area contributed by atoms with Gasteiger partial charge in [0.2, 0.25) is 0 Å². The number of hydrogen-bond donors (Lipinski definition) is 1. The molecule has 0 spiro atoms. The maximum Gasteiger partial charge on any atom is 0.0590 e. The fraction of sp³-hybridized carbons (Fsp3) is 1.00. The molecule has 1 fully saturated rings. The Kier molecular flexibility index (Phi) is 5.35. The van der Waals surface area contributed by atoms with Crippen LogP contribution in [-0.4, -0.2) is 51.3 Å². The van der Waals surface area contributed by atoms with Gasteiger partial charge in [-0.1, -0.05) is 0 Å². The first-order valence-electron chi connectivity index (χ1n) is 5.30. The third-order valence-electron chi connectivity index (χ3n) is 2.55. The van der Waals surface area contributed by atoms with Crippen molar-refractivity contribution in [3.8, 4) is 0 Å². The van der Waals surface area contributed by atoms with Crippen molar-refractivity contribution >= 4 is 0 Å². The summed E-state index contributed by atoms with van der Waals surface area (Å²) in [5, 5.41) is 3.43. The monoisotopic (exact) mass is 186 g/mol. The molecule has 0 radical (unpaired) electrons. The molecule has 0 aromatic heterocycles. The maximum absolute atomic E-state index is 5.25. The van der Waals surface area contributed by atoms with E-state index >= 15 is 0 Å². The SMILES string of the molecule is CCOCCNCC1CCN(C)C1. The quantitative estimate of drug-likeness (QED) is 0.614. The molecule has 1 saturated heterocycles. The number of ether oxygens (including phenoxy) is 1. The highest BCUT2D eigenvalue weighted by Crippen LogP contribution is 2.12. The van der Waals surface area contributed by atoms with Crippen molar-refractivity contribution in [3.05, 3.63) is 0 Å². The van der Waals surface area contributed by atoms with E-state index in [1.165, 1.54) is 19.5 Å². The van der Waals surface area contributed by atoms with Crippen molar-refractivity contribution in [3.63, 3.8) is 0 Å². The van der Waals surface area contributed by atoms with Crippen LogP contribution in [0.15, 0.2) is 0 Å². The highest BCUT2D eigenvalue weighted by molar-refractivity contribution is 4.74. The van der Waals surface area contributed by atoms with Crippen LogP contribution in [0.2, 0.25) is 0 Å². The van der Waals surface area contributed by atoms with Crippen LogP contribution in [0.1, 0.15) is 13.3 Å². The van der Waals surface area contributed by atoms with Gasteiger partial charge in [0.15, 0.2) is 0 Å². The summed E-state index contributed by atoms with van der Waals surface area (Å²) in [5.74, 6) is 0.853. The minimum Gasteiger partial charge on any atom is -0.380 e. The van der Waals surface area contributed by atoms with Crippen LogP contribution in [0.5, 0.6) is 0 Å². The molecule has 13 heavy (non-hydrogen) atoms. The van der Waals surface area contributed by atoms with Gasteiger partial charge in [-0.15, -0.1) is 0 Å². The first-order valence-corrected chi connectivity index (χ1v) is 5.30. The molecule has 1 aliphatic rings. The number of hydrogen-bond acceptors (Lipinski definition) is 3. The van der Waals surface area contributed by atoms with Gasteiger partial charge in [-0.25, -0.2) is 0 Å². The lowest BCUT2D eigenvalue weighted by Crippen LogP contribution is -2.27. The fourth-order valence-corrected chi connectivity index (χ4v) is 1.79. The topological polar surface area (TPSA) is 24.5 Å². The van der Waals surface area contributed by atoms with Crippen molar-refractivity contribution in [1.29, 1.82) is 0 Å². The largest absolute Gasteiger partial charge is 0.380 e. The minimum absolute atomic E-state index is 0.827. The predicted octanol–water partition coefficient (Wildman–Crippen LogP) is 0.564. The lowest BCUT2D eigenvalue weighted by molar-refractivity contribution is 0.148. The minimum atomic E-state index is 0.827. The number of nitrogens with zero attached hydrogens (tertiary/aromatic N) is 1. The van der Waals surface area contributed by atoms with Crippen molar-refractivity contribution in [2.24, 2.45) is 5.92 Å². The van der Waals surface area contributed by atoms with Crippen LogP contribution in [0.4, 0.5) is 0 Å². The Balaban J connectivity index is 1.88. The van der Waals surface area contributed by atoms with E-state index in [-0.39, 0.29) is 0 Å². The van der Waals surface area contributed by atoms with E-state index in [1.54, 1.807) is 0 Å². The first kappa shape index (κ1) is 11.0. The first-order chi connectivity index (χ1) is 6.33. The number of nitrogens with one attached hydrogen (secondary N) is 1. The van der Waals surface area contributed by atoms with Crippen LogP contribution in [0.25, 0.3) is 0 Å². The summed E-state index contributed by atoms with van der Waals surface area (Å²) in [6.07, 6.45) is 1.35. The molecule has 1 heterocycles. The summed E-state index contributed by atoms with van der Waals surface area (Å²) in [7, 11) is 2.19. The van der Waals surface area contributed by atoms with Crippen molar-refractivity contribution in [2.75, 3.05) is 46.4 Å². The van der Waals surface area contributed by atoms with E-state index in [9.17, 15) is 0 Å². The second-order valence-corrected chi connectivity index (χ2v) is 3.82. The zero-order chi connectivity index (χ0) is 9.52. The zero-order valence-electron chi connectivity index (χ0n) is 8.88. The third kappa shape index (κ3) is 4.60. The van der Waals surface area contributed by atoms with Crippen molar-refractivity contribution < 1.29 is 4.74 Å². The Bertz CT molecular complexity index is 130. The summed E-state index contributed by atoms with van der Waals surface area (Å²) < 4.78 is 5.25. The maximum atomic E-state index is 5.25. The average molecular weight is 186 g/mol. The van der Waals surface area contributed by atoms with E-state index in [0.717, 1.165) is 32.2 Å². The highest BCUT2D eigenvalue weighted by Gasteiger charge is 2.18. The van der Waals surface area contributed by atoms with Gasteiger partial charge < -0.3 is 15.0 Å². The van der Waals surface area contributed by atoms with E-state index in [4.69, 9.17) is 4.74 Å². The standard InChI is InChI=1S/C10H22N2O/c1-3-13-7-5-11-8-10-4-6-12(2)9-10/h10-11H,3-9H2,1-2H3. The summed E-state index contributed by atoms with van der Waals surface area (Å²) in [6, 6.07) is 0. The molecule has 0 amide bonds. The molecule has 1 unspecified atom stereocenters. The normalized spacial score (nSPS) is 24.0. The lowest BCUT2D eigenvalue weighted by Gasteiger charge is -2.11. The van der Waals surface area contributed by atoms with Crippen LogP contribution in [-0.2, 0) is 4.74 Å². The summed E-state index contributed by atoms with van der Waals surface area (Å²) in [5.41, 5.74) is 0. The summed E-state index contributed by atoms with van der Waals surface area (Å²) in [4.78, 5) is 2.40. The van der Waals surface area contributed by atoms with Gasteiger partial charge in [-0.05, 0) is 39.4 Å². The average Bonchev–Trinajstić information content (AvgIpc) is 2.51. The molecule has 3 nitrogen and oxygen atoms in total. The van der Waals surface area contributed by atoms with E-state index < -0.39 is 0 Å². The molecular formula is C10H22N2O. The third-order valence-corrected chi connectivity index (χ3v) is 2.55. The molecule has 1 N–H and O–H groups in total. The number of likely N-dealkylation sites (tertiary alicyclic amines) is 1. The van der Waals surface area contributed by atoms with Gasteiger partial charge in [0.05, 0.1) is 6.61 Å². The van der Waals surface area contributed by atoms with Crippen LogP contribution in [0, 0.1) is 5.92 Å². The Morgan fingerprint density at radius 2 is 2.38 bits per heavy atom. The Morgan fingerprint density at radius 1 is 1.54 bits per heavy atom. The molecule has 3 heteroatoms.